The number of halogens is 2. The largest absolute Gasteiger partial charge is 0.356 e. The van der Waals surface area contributed by atoms with Gasteiger partial charge in [0.2, 0.25) is 5.91 Å². The Morgan fingerprint density at radius 3 is 2.73 bits per heavy atom. The minimum atomic E-state index is -0.734. The lowest BCUT2D eigenvalue weighted by Gasteiger charge is -2.14. The summed E-state index contributed by atoms with van der Waals surface area (Å²) in [5, 5.41) is 7.57. The number of benzene rings is 2. The molecule has 0 bridgehead atoms. The lowest BCUT2D eigenvalue weighted by Crippen LogP contribution is -2.28. The lowest BCUT2D eigenvalue weighted by molar-refractivity contribution is -0.118. The van der Waals surface area contributed by atoms with Crippen LogP contribution in [0.4, 0.5) is 10.1 Å². The van der Waals surface area contributed by atoms with Gasteiger partial charge in [0.15, 0.2) is 5.76 Å². The second-order valence-corrected chi connectivity index (χ2v) is 6.91. The molecular weight excluding hydrogens is 355 g/mol. The molecule has 4 nitrogen and oxygen atoms in total. The average Bonchev–Trinajstić information content (AvgIpc) is 3.30. The lowest BCUT2D eigenvalue weighted by atomic mass is 9.99. The minimum Gasteiger partial charge on any atom is -0.356 e. The molecule has 0 unspecified atom stereocenters. The van der Waals surface area contributed by atoms with Crippen LogP contribution in [0.3, 0.4) is 0 Å². The third kappa shape index (κ3) is 2.78. The fraction of sp³-hybridized carbons (Fsp3) is 0.200. The maximum absolute atomic E-state index is 13.9. The van der Waals surface area contributed by atoms with Gasteiger partial charge in [-0.3, -0.25) is 4.79 Å². The number of nitrogens with zero attached hydrogens (tertiary/aromatic N) is 1. The Labute approximate surface area is 155 Å². The molecular formula is C20H16ClFN2O2. The van der Waals surface area contributed by atoms with E-state index in [2.05, 4.69) is 10.5 Å². The number of aromatic nitrogens is 1. The first kappa shape index (κ1) is 16.8. The highest BCUT2D eigenvalue weighted by atomic mass is 35.5. The summed E-state index contributed by atoms with van der Waals surface area (Å²) in [6.07, 6.45) is 1.34. The highest BCUT2D eigenvalue weighted by Gasteiger charge is 2.54. The third-order valence-electron chi connectivity index (χ3n) is 4.84. The number of carbonyl (C=O) groups is 1. The summed E-state index contributed by atoms with van der Waals surface area (Å²) in [5.41, 5.74) is 1.60. The van der Waals surface area contributed by atoms with E-state index in [0.29, 0.717) is 40.6 Å². The summed E-state index contributed by atoms with van der Waals surface area (Å²) in [7, 11) is 0. The zero-order valence-corrected chi connectivity index (χ0v) is 14.8. The zero-order chi connectivity index (χ0) is 18.3. The molecule has 1 aromatic heterocycles. The SMILES string of the molecule is Cc1c(Cl)cccc1NC(=O)C1(c2cc(-c3ccccc3F)on2)CC1. The van der Waals surface area contributed by atoms with Crippen molar-refractivity contribution in [2.45, 2.75) is 25.2 Å². The van der Waals surface area contributed by atoms with Crippen molar-refractivity contribution in [3.05, 3.63) is 70.6 Å². The molecule has 0 radical (unpaired) electrons. The number of amides is 1. The van der Waals surface area contributed by atoms with Gasteiger partial charge in [0, 0.05) is 16.8 Å². The van der Waals surface area contributed by atoms with E-state index in [-0.39, 0.29) is 11.7 Å². The Balaban J connectivity index is 1.61. The van der Waals surface area contributed by atoms with Gasteiger partial charge in [-0.15, -0.1) is 0 Å². The number of hydrogen-bond donors (Lipinski definition) is 1. The summed E-state index contributed by atoms with van der Waals surface area (Å²) < 4.78 is 19.3. The van der Waals surface area contributed by atoms with Gasteiger partial charge in [-0.2, -0.15) is 0 Å². The van der Waals surface area contributed by atoms with Crippen molar-refractivity contribution in [2.24, 2.45) is 0 Å². The summed E-state index contributed by atoms with van der Waals surface area (Å²) in [4.78, 5) is 12.9. The van der Waals surface area contributed by atoms with Crippen molar-refractivity contribution >= 4 is 23.2 Å². The van der Waals surface area contributed by atoms with E-state index in [4.69, 9.17) is 16.1 Å². The van der Waals surface area contributed by atoms with E-state index in [9.17, 15) is 9.18 Å². The van der Waals surface area contributed by atoms with E-state index in [1.165, 1.54) is 6.07 Å². The normalized spacial score (nSPS) is 14.9. The van der Waals surface area contributed by atoms with Gasteiger partial charge < -0.3 is 9.84 Å². The molecule has 1 aliphatic rings. The van der Waals surface area contributed by atoms with Crippen molar-refractivity contribution in [1.82, 2.24) is 5.16 Å². The van der Waals surface area contributed by atoms with Crippen LogP contribution in [0.25, 0.3) is 11.3 Å². The van der Waals surface area contributed by atoms with E-state index in [0.717, 1.165) is 5.56 Å². The molecule has 0 saturated heterocycles. The van der Waals surface area contributed by atoms with Gasteiger partial charge in [-0.1, -0.05) is 35.0 Å². The molecule has 1 aliphatic carbocycles. The molecule has 6 heteroatoms. The first-order chi connectivity index (χ1) is 12.5. The van der Waals surface area contributed by atoms with Crippen LogP contribution in [0.1, 0.15) is 24.1 Å². The van der Waals surface area contributed by atoms with Crippen LogP contribution in [0.5, 0.6) is 0 Å². The van der Waals surface area contributed by atoms with Gasteiger partial charge in [0.25, 0.3) is 0 Å². The molecule has 1 saturated carbocycles. The highest BCUT2D eigenvalue weighted by molar-refractivity contribution is 6.31. The first-order valence-corrected chi connectivity index (χ1v) is 8.68. The number of anilines is 1. The zero-order valence-electron chi connectivity index (χ0n) is 14.1. The van der Waals surface area contributed by atoms with Crippen molar-refractivity contribution in [3.63, 3.8) is 0 Å². The molecule has 132 valence electrons. The molecule has 26 heavy (non-hydrogen) atoms. The summed E-state index contributed by atoms with van der Waals surface area (Å²) in [5.74, 6) is -0.230. The van der Waals surface area contributed by atoms with E-state index < -0.39 is 5.41 Å². The fourth-order valence-electron chi connectivity index (χ4n) is 3.00. The fourth-order valence-corrected chi connectivity index (χ4v) is 3.17. The monoisotopic (exact) mass is 370 g/mol. The maximum Gasteiger partial charge on any atom is 0.236 e. The van der Waals surface area contributed by atoms with Gasteiger partial charge in [0.05, 0.1) is 16.7 Å². The van der Waals surface area contributed by atoms with Crippen molar-refractivity contribution < 1.29 is 13.7 Å². The van der Waals surface area contributed by atoms with Crippen molar-refractivity contribution in [2.75, 3.05) is 5.32 Å². The van der Waals surface area contributed by atoms with E-state index >= 15 is 0 Å². The first-order valence-electron chi connectivity index (χ1n) is 8.30. The van der Waals surface area contributed by atoms with Crippen molar-refractivity contribution in [1.29, 1.82) is 0 Å². The number of nitrogens with one attached hydrogen (secondary N) is 1. The Bertz CT molecular complexity index is 995. The van der Waals surface area contributed by atoms with E-state index in [1.54, 1.807) is 36.4 Å². The second-order valence-electron chi connectivity index (χ2n) is 6.50. The molecule has 0 aliphatic heterocycles. The predicted molar refractivity (Wildman–Crippen MR) is 97.6 cm³/mol. The molecule has 1 N–H and O–H groups in total. The van der Waals surface area contributed by atoms with Crippen LogP contribution in [0.15, 0.2) is 53.1 Å². The van der Waals surface area contributed by atoms with Gasteiger partial charge in [0.1, 0.15) is 5.82 Å². The highest BCUT2D eigenvalue weighted by Crippen LogP contribution is 2.49. The Morgan fingerprint density at radius 1 is 1.23 bits per heavy atom. The van der Waals surface area contributed by atoms with Crippen LogP contribution in [-0.2, 0) is 10.2 Å². The van der Waals surface area contributed by atoms with Gasteiger partial charge >= 0.3 is 0 Å². The number of rotatable bonds is 4. The maximum atomic E-state index is 13.9. The van der Waals surface area contributed by atoms with Crippen LogP contribution in [0, 0.1) is 12.7 Å². The standard InChI is InChI=1S/C20H16ClFN2O2/c1-12-14(21)6-4-8-16(12)23-19(25)20(9-10-20)18-11-17(26-24-18)13-5-2-3-7-15(13)22/h2-8,11H,9-10H2,1H3,(H,23,25). The Hall–Kier alpha value is -2.66. The predicted octanol–water partition coefficient (Wildman–Crippen LogP) is 5.11. The molecule has 1 heterocycles. The molecule has 1 fully saturated rings. The van der Waals surface area contributed by atoms with Crippen LogP contribution in [-0.4, -0.2) is 11.1 Å². The molecule has 2 aromatic carbocycles. The summed E-state index contributed by atoms with van der Waals surface area (Å²) in [6.45, 7) is 1.85. The Morgan fingerprint density at radius 2 is 2.00 bits per heavy atom. The number of carbonyl (C=O) groups excluding carboxylic acids is 1. The number of hydrogen-bond acceptors (Lipinski definition) is 3. The molecule has 3 aromatic rings. The smallest absolute Gasteiger partial charge is 0.236 e. The average molecular weight is 371 g/mol. The molecule has 0 spiro atoms. The molecule has 4 rings (SSSR count). The van der Waals surface area contributed by atoms with Gasteiger partial charge in [-0.05, 0) is 49.6 Å². The van der Waals surface area contributed by atoms with Gasteiger partial charge in [-0.25, -0.2) is 4.39 Å². The minimum absolute atomic E-state index is 0.156. The van der Waals surface area contributed by atoms with E-state index in [1.807, 2.05) is 13.0 Å². The molecule has 1 amide bonds. The van der Waals surface area contributed by atoms with Crippen LogP contribution in [0.2, 0.25) is 5.02 Å². The summed E-state index contributed by atoms with van der Waals surface area (Å²) in [6, 6.07) is 13.3. The Kier molecular flexibility index (Phi) is 4.04. The molecule has 0 atom stereocenters. The summed E-state index contributed by atoms with van der Waals surface area (Å²) >= 11 is 6.12. The van der Waals surface area contributed by atoms with Crippen LogP contribution < -0.4 is 5.32 Å². The van der Waals surface area contributed by atoms with Crippen molar-refractivity contribution in [3.8, 4) is 11.3 Å². The quantitative estimate of drug-likeness (QED) is 0.694. The topological polar surface area (TPSA) is 55.1 Å². The third-order valence-corrected chi connectivity index (χ3v) is 5.25. The van der Waals surface area contributed by atoms with Crippen LogP contribution >= 0.6 is 11.6 Å². The second kappa shape index (κ2) is 6.25.